The second-order valence-electron chi connectivity index (χ2n) is 6.10. The van der Waals surface area contributed by atoms with E-state index in [4.69, 9.17) is 11.6 Å². The lowest BCUT2D eigenvalue weighted by Crippen LogP contribution is -2.59. The Hall–Kier alpha value is -0.910. The second kappa shape index (κ2) is 5.38. The molecule has 6 heteroatoms. The van der Waals surface area contributed by atoms with Gasteiger partial charge in [0.2, 0.25) is 5.28 Å². The SMILES string of the molecule is CC1CN2CCCCC2CN1c1nc(Cl)nc2sccc12. The molecule has 21 heavy (non-hydrogen) atoms. The van der Waals surface area contributed by atoms with Gasteiger partial charge in [-0.25, -0.2) is 4.98 Å². The van der Waals surface area contributed by atoms with Crippen molar-refractivity contribution >= 4 is 39.0 Å². The highest BCUT2D eigenvalue weighted by atomic mass is 35.5. The predicted octanol–water partition coefficient (Wildman–Crippen LogP) is 3.41. The monoisotopic (exact) mass is 322 g/mol. The number of hydrogen-bond donors (Lipinski definition) is 0. The zero-order valence-electron chi connectivity index (χ0n) is 12.1. The van der Waals surface area contributed by atoms with E-state index in [0.717, 1.165) is 29.1 Å². The Morgan fingerprint density at radius 1 is 1.29 bits per heavy atom. The molecule has 0 radical (unpaired) electrons. The molecule has 0 amide bonds. The van der Waals surface area contributed by atoms with Crippen LogP contribution < -0.4 is 4.90 Å². The molecular formula is C15H19ClN4S. The first-order chi connectivity index (χ1) is 10.2. The molecule has 2 aliphatic rings. The van der Waals surface area contributed by atoms with Crippen LogP contribution in [0, 0.1) is 0 Å². The van der Waals surface area contributed by atoms with Crippen molar-refractivity contribution in [2.75, 3.05) is 24.5 Å². The summed E-state index contributed by atoms with van der Waals surface area (Å²) >= 11 is 7.76. The van der Waals surface area contributed by atoms with Gasteiger partial charge in [0.05, 0.1) is 5.39 Å². The zero-order valence-corrected chi connectivity index (χ0v) is 13.7. The van der Waals surface area contributed by atoms with Crippen LogP contribution in [0.2, 0.25) is 5.28 Å². The lowest BCUT2D eigenvalue weighted by molar-refractivity contribution is 0.115. The molecule has 112 valence electrons. The van der Waals surface area contributed by atoms with E-state index < -0.39 is 0 Å². The molecule has 2 saturated heterocycles. The number of fused-ring (bicyclic) bond motifs is 2. The fourth-order valence-electron chi connectivity index (χ4n) is 3.68. The maximum absolute atomic E-state index is 6.13. The summed E-state index contributed by atoms with van der Waals surface area (Å²) in [5.41, 5.74) is 0. The van der Waals surface area contributed by atoms with Gasteiger partial charge in [-0.2, -0.15) is 4.98 Å². The molecule has 0 spiro atoms. The number of hydrogen-bond acceptors (Lipinski definition) is 5. The number of aromatic nitrogens is 2. The number of thiophene rings is 1. The quantitative estimate of drug-likeness (QED) is 0.753. The van der Waals surface area contributed by atoms with Crippen molar-refractivity contribution in [2.24, 2.45) is 0 Å². The highest BCUT2D eigenvalue weighted by Crippen LogP contribution is 2.33. The van der Waals surface area contributed by atoms with Gasteiger partial charge in [-0.3, -0.25) is 4.90 Å². The van der Waals surface area contributed by atoms with Gasteiger partial charge < -0.3 is 4.90 Å². The first kappa shape index (κ1) is 13.7. The Morgan fingerprint density at radius 2 is 2.19 bits per heavy atom. The van der Waals surface area contributed by atoms with Crippen molar-refractivity contribution in [1.29, 1.82) is 0 Å². The lowest BCUT2D eigenvalue weighted by atomic mass is 9.97. The lowest BCUT2D eigenvalue weighted by Gasteiger charge is -2.48. The van der Waals surface area contributed by atoms with Gasteiger partial charge in [-0.15, -0.1) is 11.3 Å². The summed E-state index contributed by atoms with van der Waals surface area (Å²) in [6, 6.07) is 3.25. The van der Waals surface area contributed by atoms with E-state index in [1.54, 1.807) is 11.3 Å². The summed E-state index contributed by atoms with van der Waals surface area (Å²) < 4.78 is 0. The summed E-state index contributed by atoms with van der Waals surface area (Å²) in [5, 5.41) is 3.57. The van der Waals surface area contributed by atoms with E-state index in [0.29, 0.717) is 17.4 Å². The molecule has 2 atom stereocenters. The normalized spacial score (nSPS) is 27.0. The highest BCUT2D eigenvalue weighted by Gasteiger charge is 2.34. The van der Waals surface area contributed by atoms with Gasteiger partial charge in [-0.1, -0.05) is 6.42 Å². The minimum atomic E-state index is 0.359. The van der Waals surface area contributed by atoms with Crippen molar-refractivity contribution < 1.29 is 0 Å². The van der Waals surface area contributed by atoms with Gasteiger partial charge in [0, 0.05) is 25.2 Å². The number of halogens is 1. The Kier molecular flexibility index (Phi) is 3.52. The van der Waals surface area contributed by atoms with Crippen LogP contribution in [-0.4, -0.2) is 46.6 Å². The first-order valence-electron chi connectivity index (χ1n) is 7.64. The molecule has 4 rings (SSSR count). The van der Waals surface area contributed by atoms with Crippen molar-refractivity contribution in [1.82, 2.24) is 14.9 Å². The molecule has 2 aromatic rings. The van der Waals surface area contributed by atoms with E-state index in [9.17, 15) is 0 Å². The third-order valence-corrected chi connectivity index (χ3v) is 5.71. The first-order valence-corrected chi connectivity index (χ1v) is 8.89. The summed E-state index contributed by atoms with van der Waals surface area (Å²) in [7, 11) is 0. The van der Waals surface area contributed by atoms with Gasteiger partial charge in [-0.05, 0) is 49.4 Å². The molecule has 0 aliphatic carbocycles. The van der Waals surface area contributed by atoms with Crippen LogP contribution >= 0.6 is 22.9 Å². The summed E-state index contributed by atoms with van der Waals surface area (Å²) in [6.45, 7) is 5.72. The molecule has 4 heterocycles. The molecule has 2 fully saturated rings. The van der Waals surface area contributed by atoms with Crippen LogP contribution in [0.1, 0.15) is 26.2 Å². The zero-order chi connectivity index (χ0) is 14.4. The molecule has 2 aliphatic heterocycles. The van der Waals surface area contributed by atoms with Gasteiger partial charge in [0.15, 0.2) is 0 Å². The van der Waals surface area contributed by atoms with E-state index in [2.05, 4.69) is 38.1 Å². The Labute approximate surface area is 133 Å². The minimum Gasteiger partial charge on any atom is -0.350 e. The average molecular weight is 323 g/mol. The van der Waals surface area contributed by atoms with Crippen molar-refractivity contribution in [2.45, 2.75) is 38.3 Å². The number of rotatable bonds is 1. The molecule has 0 bridgehead atoms. The Balaban J connectivity index is 1.72. The molecule has 2 unspecified atom stereocenters. The van der Waals surface area contributed by atoms with E-state index in [-0.39, 0.29) is 0 Å². The fourth-order valence-corrected chi connectivity index (χ4v) is 4.65. The predicted molar refractivity (Wildman–Crippen MR) is 88.4 cm³/mol. The van der Waals surface area contributed by atoms with Crippen LogP contribution in [0.15, 0.2) is 11.4 Å². The van der Waals surface area contributed by atoms with Crippen molar-refractivity contribution in [3.63, 3.8) is 0 Å². The summed E-state index contributed by atoms with van der Waals surface area (Å²) in [6.07, 6.45) is 3.99. The van der Waals surface area contributed by atoms with Gasteiger partial charge in [0.25, 0.3) is 0 Å². The van der Waals surface area contributed by atoms with Crippen LogP contribution in [0.3, 0.4) is 0 Å². The van der Waals surface area contributed by atoms with Crippen LogP contribution in [0.25, 0.3) is 10.2 Å². The van der Waals surface area contributed by atoms with Crippen LogP contribution in [-0.2, 0) is 0 Å². The highest BCUT2D eigenvalue weighted by molar-refractivity contribution is 7.16. The fraction of sp³-hybridized carbons (Fsp3) is 0.600. The molecule has 0 saturated carbocycles. The smallest absolute Gasteiger partial charge is 0.225 e. The molecule has 0 N–H and O–H groups in total. The topological polar surface area (TPSA) is 32.3 Å². The van der Waals surface area contributed by atoms with E-state index >= 15 is 0 Å². The van der Waals surface area contributed by atoms with Crippen molar-refractivity contribution in [3.8, 4) is 0 Å². The number of piperazine rings is 1. The number of piperidine rings is 1. The summed E-state index contributed by atoms with van der Waals surface area (Å²) in [5.74, 6) is 1.02. The van der Waals surface area contributed by atoms with E-state index in [1.807, 2.05) is 0 Å². The number of anilines is 1. The third-order valence-electron chi connectivity index (χ3n) is 4.74. The molecular weight excluding hydrogens is 304 g/mol. The number of nitrogens with zero attached hydrogens (tertiary/aromatic N) is 4. The maximum Gasteiger partial charge on any atom is 0.225 e. The third kappa shape index (κ3) is 2.41. The van der Waals surface area contributed by atoms with Gasteiger partial charge in [0.1, 0.15) is 10.6 Å². The largest absolute Gasteiger partial charge is 0.350 e. The Bertz CT molecular complexity index is 658. The van der Waals surface area contributed by atoms with Crippen molar-refractivity contribution in [3.05, 3.63) is 16.7 Å². The van der Waals surface area contributed by atoms with Crippen LogP contribution in [0.5, 0.6) is 0 Å². The molecule has 0 aromatic carbocycles. The standard InChI is InChI=1S/C15H19ClN4S/c1-10-8-19-6-3-2-4-11(19)9-20(10)13-12-5-7-21-14(12)18-15(16)17-13/h5,7,10-11H,2-4,6,8-9H2,1H3. The Morgan fingerprint density at radius 3 is 3.10 bits per heavy atom. The summed E-state index contributed by atoms with van der Waals surface area (Å²) in [4.78, 5) is 15.0. The minimum absolute atomic E-state index is 0.359. The van der Waals surface area contributed by atoms with Gasteiger partial charge >= 0.3 is 0 Å². The van der Waals surface area contributed by atoms with E-state index in [1.165, 1.54) is 25.8 Å². The molecule has 4 nitrogen and oxygen atoms in total. The second-order valence-corrected chi connectivity index (χ2v) is 7.33. The maximum atomic E-state index is 6.13. The van der Waals surface area contributed by atoms with Crippen LogP contribution in [0.4, 0.5) is 5.82 Å². The average Bonchev–Trinajstić information content (AvgIpc) is 2.94. The molecule has 2 aromatic heterocycles.